The first-order valence-corrected chi connectivity index (χ1v) is 15.1. The Bertz CT molecular complexity index is 1150. The second-order valence-corrected chi connectivity index (χ2v) is 12.8. The Morgan fingerprint density at radius 3 is 2.50 bits per heavy atom. The van der Waals surface area contributed by atoms with Crippen LogP contribution in [-0.4, -0.2) is 64.1 Å². The third-order valence-corrected chi connectivity index (χ3v) is 9.15. The van der Waals surface area contributed by atoms with E-state index >= 15 is 0 Å². The van der Waals surface area contributed by atoms with Gasteiger partial charge >= 0.3 is 0 Å². The van der Waals surface area contributed by atoms with E-state index in [1.54, 1.807) is 6.20 Å². The molecule has 3 heterocycles. The Labute approximate surface area is 213 Å². The smallest absolute Gasteiger partial charge is 0.224 e. The van der Waals surface area contributed by atoms with Crippen LogP contribution in [0, 0.1) is 11.8 Å². The molecule has 0 amide bonds. The number of aromatic amines is 1. The van der Waals surface area contributed by atoms with Gasteiger partial charge in [-0.1, -0.05) is 12.8 Å². The number of hydrogen-bond donors (Lipinski definition) is 3. The third-order valence-electron chi connectivity index (χ3n) is 7.91. The van der Waals surface area contributed by atoms with Crippen molar-refractivity contribution in [3.05, 3.63) is 24.0 Å². The number of rotatable bonds is 10. The molecule has 0 spiro atoms. The van der Waals surface area contributed by atoms with E-state index in [1.165, 1.54) is 41.9 Å². The highest BCUT2D eigenvalue weighted by Crippen LogP contribution is 2.34. The average molecular weight is 516 g/mol. The van der Waals surface area contributed by atoms with Crippen molar-refractivity contribution >= 4 is 33.4 Å². The molecule has 0 aromatic carbocycles. The zero-order chi connectivity index (χ0) is 25.1. The minimum absolute atomic E-state index is 0.180. The number of anilines is 3. The quantitative estimate of drug-likeness (QED) is 0.435. The van der Waals surface area contributed by atoms with Gasteiger partial charge in [0.1, 0.15) is 11.6 Å². The Kier molecular flexibility index (Phi) is 7.57. The topological polar surface area (TPSA) is 133 Å². The number of carbonyl (C=O) groups excluding carboxylic acids is 1. The molecule has 196 valence electrons. The Hall–Kier alpha value is -2.53. The van der Waals surface area contributed by atoms with Gasteiger partial charge in [-0.3, -0.25) is 9.89 Å². The second kappa shape index (κ2) is 10.8. The second-order valence-electron chi connectivity index (χ2n) is 10.8. The van der Waals surface area contributed by atoms with Gasteiger partial charge < -0.3 is 10.6 Å². The SMILES string of the molecule is CS(=O)(=O)N1CC(CC(=O)CC2CCC(Nc3nccc(Nc4cc(C5CCCC5)[nH]n4)n3)CC2)C1. The lowest BCUT2D eigenvalue weighted by molar-refractivity contribution is -0.121. The van der Waals surface area contributed by atoms with E-state index < -0.39 is 10.0 Å². The largest absolute Gasteiger partial charge is 0.351 e. The molecular weight excluding hydrogens is 478 g/mol. The van der Waals surface area contributed by atoms with E-state index in [2.05, 4.69) is 36.9 Å². The number of ketones is 1. The predicted molar refractivity (Wildman–Crippen MR) is 139 cm³/mol. The van der Waals surface area contributed by atoms with Crippen LogP contribution in [0.2, 0.25) is 0 Å². The molecule has 0 radical (unpaired) electrons. The maximum atomic E-state index is 12.5. The number of H-pyrrole nitrogens is 1. The van der Waals surface area contributed by atoms with Gasteiger partial charge in [-0.15, -0.1) is 0 Å². The van der Waals surface area contributed by atoms with Gasteiger partial charge in [-0.05, 0) is 56.4 Å². The molecular formula is C25H37N7O3S. The highest BCUT2D eigenvalue weighted by atomic mass is 32.2. The van der Waals surface area contributed by atoms with Crippen molar-refractivity contribution in [1.82, 2.24) is 24.5 Å². The Morgan fingerprint density at radius 1 is 1.06 bits per heavy atom. The summed E-state index contributed by atoms with van der Waals surface area (Å²) >= 11 is 0. The van der Waals surface area contributed by atoms with Crippen molar-refractivity contribution < 1.29 is 13.2 Å². The summed E-state index contributed by atoms with van der Waals surface area (Å²) in [6.45, 7) is 0.966. The predicted octanol–water partition coefficient (Wildman–Crippen LogP) is 3.81. The number of aromatic nitrogens is 4. The fourth-order valence-electron chi connectivity index (χ4n) is 5.82. The summed E-state index contributed by atoms with van der Waals surface area (Å²) in [5, 5.41) is 14.3. The number of hydrogen-bond acceptors (Lipinski definition) is 8. The van der Waals surface area contributed by atoms with Gasteiger partial charge in [0, 0.05) is 55.8 Å². The minimum atomic E-state index is -3.12. The van der Waals surface area contributed by atoms with Gasteiger partial charge in [0.15, 0.2) is 5.82 Å². The van der Waals surface area contributed by atoms with Crippen LogP contribution in [0.5, 0.6) is 0 Å². The fraction of sp³-hybridized carbons (Fsp3) is 0.680. The lowest BCUT2D eigenvalue weighted by Gasteiger charge is -2.37. The molecule has 3 aliphatic rings. The van der Waals surface area contributed by atoms with Crippen molar-refractivity contribution in [3.8, 4) is 0 Å². The van der Waals surface area contributed by atoms with Gasteiger partial charge in [-0.2, -0.15) is 10.1 Å². The van der Waals surface area contributed by atoms with E-state index in [4.69, 9.17) is 0 Å². The van der Waals surface area contributed by atoms with Crippen LogP contribution in [0.1, 0.15) is 75.8 Å². The molecule has 3 fully saturated rings. The molecule has 5 rings (SSSR count). The number of Topliss-reactive ketones (excluding diaryl/α,β-unsaturated/α-hetero) is 1. The maximum Gasteiger partial charge on any atom is 0.224 e. The van der Waals surface area contributed by atoms with E-state index in [0.717, 1.165) is 31.5 Å². The monoisotopic (exact) mass is 515 g/mol. The van der Waals surface area contributed by atoms with E-state index in [1.807, 2.05) is 6.07 Å². The minimum Gasteiger partial charge on any atom is -0.351 e. The van der Waals surface area contributed by atoms with E-state index in [-0.39, 0.29) is 11.7 Å². The molecule has 2 aromatic heterocycles. The van der Waals surface area contributed by atoms with Crippen LogP contribution < -0.4 is 10.6 Å². The van der Waals surface area contributed by atoms with Gasteiger partial charge in [0.05, 0.1) is 6.26 Å². The van der Waals surface area contributed by atoms with Crippen molar-refractivity contribution in [2.45, 2.75) is 76.2 Å². The number of nitrogens with one attached hydrogen (secondary N) is 3. The molecule has 0 unspecified atom stereocenters. The molecule has 1 aliphatic heterocycles. The van der Waals surface area contributed by atoms with Crippen molar-refractivity contribution in [3.63, 3.8) is 0 Å². The molecule has 1 saturated heterocycles. The molecule has 3 N–H and O–H groups in total. The summed E-state index contributed by atoms with van der Waals surface area (Å²) in [4.78, 5) is 21.5. The first-order valence-electron chi connectivity index (χ1n) is 13.2. The lowest BCUT2D eigenvalue weighted by atomic mass is 9.81. The molecule has 11 heteroatoms. The molecule has 2 aliphatic carbocycles. The summed E-state index contributed by atoms with van der Waals surface area (Å²) in [5.74, 6) is 3.53. The van der Waals surface area contributed by atoms with Crippen LogP contribution in [-0.2, 0) is 14.8 Å². The number of carbonyl (C=O) groups is 1. The van der Waals surface area contributed by atoms with Crippen LogP contribution >= 0.6 is 0 Å². The molecule has 0 atom stereocenters. The standard InChI is InChI=1S/C25H37N7O3S/c1-36(34,35)32-15-18(16-32)13-21(33)12-17-6-8-20(9-7-17)27-25-26-11-10-23(29-25)28-24-14-22(30-31-24)19-4-2-3-5-19/h10-11,14,17-20H,2-9,12-13,15-16H2,1H3,(H3,26,27,28,29,30,31). The molecule has 2 aromatic rings. The first kappa shape index (κ1) is 25.1. The number of nitrogens with zero attached hydrogens (tertiary/aromatic N) is 4. The summed E-state index contributed by atoms with van der Waals surface area (Å²) in [6, 6.07) is 4.22. The molecule has 10 nitrogen and oxygen atoms in total. The van der Waals surface area contributed by atoms with E-state index in [9.17, 15) is 13.2 Å². The highest BCUT2D eigenvalue weighted by Gasteiger charge is 2.34. The Morgan fingerprint density at radius 2 is 1.78 bits per heavy atom. The average Bonchev–Trinajstić information content (AvgIpc) is 3.49. The summed E-state index contributed by atoms with van der Waals surface area (Å²) < 4.78 is 24.4. The summed E-state index contributed by atoms with van der Waals surface area (Å²) in [6.07, 6.45) is 13.1. The van der Waals surface area contributed by atoms with E-state index in [0.29, 0.717) is 55.6 Å². The van der Waals surface area contributed by atoms with Gasteiger partial charge in [-0.25, -0.2) is 17.7 Å². The molecule has 2 saturated carbocycles. The normalized spacial score (nSPS) is 23.9. The van der Waals surface area contributed by atoms with Crippen LogP contribution in [0.25, 0.3) is 0 Å². The van der Waals surface area contributed by atoms with Crippen LogP contribution in [0.15, 0.2) is 18.3 Å². The Balaban J connectivity index is 1.04. The molecule has 0 bridgehead atoms. The summed E-state index contributed by atoms with van der Waals surface area (Å²) in [5.41, 5.74) is 1.20. The summed E-state index contributed by atoms with van der Waals surface area (Å²) in [7, 11) is -3.12. The fourth-order valence-corrected chi connectivity index (χ4v) is 6.78. The van der Waals surface area contributed by atoms with Crippen molar-refractivity contribution in [2.75, 3.05) is 30.0 Å². The number of sulfonamides is 1. The first-order chi connectivity index (χ1) is 17.3. The van der Waals surface area contributed by atoms with Crippen molar-refractivity contribution in [2.24, 2.45) is 11.8 Å². The van der Waals surface area contributed by atoms with Crippen molar-refractivity contribution in [1.29, 1.82) is 0 Å². The maximum absolute atomic E-state index is 12.5. The zero-order valence-corrected chi connectivity index (χ0v) is 21.8. The zero-order valence-electron chi connectivity index (χ0n) is 20.9. The van der Waals surface area contributed by atoms with Crippen LogP contribution in [0.4, 0.5) is 17.6 Å². The van der Waals surface area contributed by atoms with Crippen LogP contribution in [0.3, 0.4) is 0 Å². The third kappa shape index (κ3) is 6.42. The lowest BCUT2D eigenvalue weighted by Crippen LogP contribution is -2.50. The van der Waals surface area contributed by atoms with Gasteiger partial charge in [0.25, 0.3) is 0 Å². The van der Waals surface area contributed by atoms with Gasteiger partial charge in [0.2, 0.25) is 16.0 Å². The molecule has 36 heavy (non-hydrogen) atoms. The highest BCUT2D eigenvalue weighted by molar-refractivity contribution is 7.88.